The Morgan fingerprint density at radius 2 is 2.00 bits per heavy atom. The van der Waals surface area contributed by atoms with E-state index in [0.29, 0.717) is 26.1 Å². The Bertz CT molecular complexity index is 519. The van der Waals surface area contributed by atoms with Crippen LogP contribution in [0.15, 0.2) is 16.6 Å². The van der Waals surface area contributed by atoms with E-state index in [1.165, 1.54) is 0 Å². The molecule has 1 fully saturated rings. The van der Waals surface area contributed by atoms with Crippen molar-refractivity contribution in [2.45, 2.75) is 12.8 Å². The van der Waals surface area contributed by atoms with Crippen LogP contribution < -0.4 is 11.1 Å². The van der Waals surface area contributed by atoms with Gasteiger partial charge in [0.1, 0.15) is 11.6 Å². The minimum atomic E-state index is -0.783. The van der Waals surface area contributed by atoms with Gasteiger partial charge in [-0.25, -0.2) is 8.78 Å². The third kappa shape index (κ3) is 2.99. The highest BCUT2D eigenvalue weighted by Crippen LogP contribution is 2.32. The van der Waals surface area contributed by atoms with E-state index in [1.54, 1.807) is 0 Å². The van der Waals surface area contributed by atoms with Gasteiger partial charge >= 0.3 is 0 Å². The number of carbonyl (C=O) groups is 1. The van der Waals surface area contributed by atoms with Gasteiger partial charge in [0, 0.05) is 25.8 Å². The fourth-order valence-electron chi connectivity index (χ4n) is 2.16. The van der Waals surface area contributed by atoms with Crippen LogP contribution in [0.4, 0.5) is 14.5 Å². The smallest absolute Gasteiger partial charge is 0.232 e. The Labute approximate surface area is 123 Å². The molecule has 0 unspecified atom stereocenters. The van der Waals surface area contributed by atoms with E-state index in [-0.39, 0.29) is 16.7 Å². The lowest BCUT2D eigenvalue weighted by atomic mass is 9.79. The summed E-state index contributed by atoms with van der Waals surface area (Å²) in [5, 5.41) is 2.43. The van der Waals surface area contributed by atoms with Crippen molar-refractivity contribution in [1.82, 2.24) is 0 Å². The molecule has 0 atom stereocenters. The molecule has 7 heteroatoms. The predicted octanol–water partition coefficient (Wildman–Crippen LogP) is 2.42. The summed E-state index contributed by atoms with van der Waals surface area (Å²) in [5.41, 5.74) is 4.72. The summed E-state index contributed by atoms with van der Waals surface area (Å²) < 4.78 is 32.4. The maximum absolute atomic E-state index is 13.7. The zero-order valence-electron chi connectivity index (χ0n) is 10.7. The van der Waals surface area contributed by atoms with Crippen molar-refractivity contribution in [1.29, 1.82) is 0 Å². The number of carbonyl (C=O) groups excluding carboxylic acids is 1. The van der Waals surface area contributed by atoms with Crippen LogP contribution in [-0.2, 0) is 9.53 Å². The molecule has 1 saturated heterocycles. The number of ether oxygens (including phenoxy) is 1. The molecule has 0 bridgehead atoms. The first-order valence-corrected chi connectivity index (χ1v) is 7.02. The first kappa shape index (κ1) is 15.3. The second-order valence-corrected chi connectivity index (χ2v) is 5.65. The first-order chi connectivity index (χ1) is 9.48. The van der Waals surface area contributed by atoms with Crippen molar-refractivity contribution >= 4 is 27.5 Å². The van der Waals surface area contributed by atoms with Gasteiger partial charge in [0.2, 0.25) is 5.91 Å². The molecule has 3 N–H and O–H groups in total. The highest BCUT2D eigenvalue weighted by molar-refractivity contribution is 9.10. The first-order valence-electron chi connectivity index (χ1n) is 6.22. The monoisotopic (exact) mass is 348 g/mol. The Balaban J connectivity index is 2.20. The molecule has 110 valence electrons. The third-order valence-electron chi connectivity index (χ3n) is 3.58. The number of rotatable bonds is 3. The molecule has 1 aliphatic heterocycles. The molecule has 0 radical (unpaired) electrons. The number of benzene rings is 1. The van der Waals surface area contributed by atoms with Crippen LogP contribution in [0.3, 0.4) is 0 Å². The van der Waals surface area contributed by atoms with E-state index < -0.39 is 23.0 Å². The molecule has 20 heavy (non-hydrogen) atoms. The van der Waals surface area contributed by atoms with Crippen molar-refractivity contribution < 1.29 is 18.3 Å². The summed E-state index contributed by atoms with van der Waals surface area (Å²) in [4.78, 5) is 12.3. The second-order valence-electron chi connectivity index (χ2n) is 4.80. The molecule has 0 spiro atoms. The van der Waals surface area contributed by atoms with E-state index in [9.17, 15) is 13.6 Å². The second kappa shape index (κ2) is 6.15. The molecule has 1 aromatic rings. The Hall–Kier alpha value is -1.05. The van der Waals surface area contributed by atoms with Gasteiger partial charge in [-0.3, -0.25) is 4.79 Å². The molecule has 1 amide bonds. The minimum absolute atomic E-state index is 0.00704. The van der Waals surface area contributed by atoms with Crippen LogP contribution in [0.2, 0.25) is 0 Å². The summed E-state index contributed by atoms with van der Waals surface area (Å²) in [6.45, 7) is 1.01. The molecule has 1 aliphatic rings. The molecule has 2 rings (SSSR count). The van der Waals surface area contributed by atoms with Crippen LogP contribution in [0.25, 0.3) is 0 Å². The fourth-order valence-corrected chi connectivity index (χ4v) is 2.47. The molecular formula is C13H15BrF2N2O2. The number of halogens is 3. The normalized spacial score (nSPS) is 17.8. The third-order valence-corrected chi connectivity index (χ3v) is 4.19. The molecule has 4 nitrogen and oxygen atoms in total. The highest BCUT2D eigenvalue weighted by Gasteiger charge is 2.39. The number of amides is 1. The summed E-state index contributed by atoms with van der Waals surface area (Å²) in [5.74, 6) is -1.75. The van der Waals surface area contributed by atoms with E-state index in [2.05, 4.69) is 21.2 Å². The van der Waals surface area contributed by atoms with Crippen LogP contribution in [0, 0.1) is 17.0 Å². The summed E-state index contributed by atoms with van der Waals surface area (Å²) in [6, 6.07) is 1.92. The van der Waals surface area contributed by atoms with Crippen LogP contribution in [0.5, 0.6) is 0 Å². The molecule has 0 aromatic heterocycles. The van der Waals surface area contributed by atoms with E-state index in [1.807, 2.05) is 0 Å². The zero-order chi connectivity index (χ0) is 14.8. The summed E-state index contributed by atoms with van der Waals surface area (Å²) in [7, 11) is 0. The largest absolute Gasteiger partial charge is 0.381 e. The predicted molar refractivity (Wildman–Crippen MR) is 74.2 cm³/mol. The number of nitrogens with one attached hydrogen (secondary N) is 1. The lowest BCUT2D eigenvalue weighted by molar-refractivity contribution is -0.130. The Morgan fingerprint density at radius 1 is 1.35 bits per heavy atom. The van der Waals surface area contributed by atoms with Gasteiger partial charge in [0.15, 0.2) is 0 Å². The van der Waals surface area contributed by atoms with Gasteiger partial charge in [-0.05, 0) is 34.8 Å². The van der Waals surface area contributed by atoms with Crippen LogP contribution in [-0.4, -0.2) is 25.7 Å². The van der Waals surface area contributed by atoms with Crippen molar-refractivity contribution in [3.05, 3.63) is 28.2 Å². The molecule has 1 heterocycles. The number of nitrogens with two attached hydrogens (primary N) is 1. The minimum Gasteiger partial charge on any atom is -0.381 e. The summed E-state index contributed by atoms with van der Waals surface area (Å²) in [6.07, 6.45) is 0.936. The molecule has 0 aliphatic carbocycles. The van der Waals surface area contributed by atoms with Crippen molar-refractivity contribution in [3.63, 3.8) is 0 Å². The summed E-state index contributed by atoms with van der Waals surface area (Å²) >= 11 is 2.88. The van der Waals surface area contributed by atoms with Gasteiger partial charge in [-0.1, -0.05) is 0 Å². The quantitative estimate of drug-likeness (QED) is 0.824. The maximum atomic E-state index is 13.7. The number of hydrogen-bond acceptors (Lipinski definition) is 3. The number of hydrogen-bond donors (Lipinski definition) is 2. The van der Waals surface area contributed by atoms with Gasteiger partial charge < -0.3 is 15.8 Å². The average molecular weight is 349 g/mol. The average Bonchev–Trinajstić information content (AvgIpc) is 2.45. The van der Waals surface area contributed by atoms with Gasteiger partial charge in [0.05, 0.1) is 15.6 Å². The van der Waals surface area contributed by atoms with E-state index in [4.69, 9.17) is 10.5 Å². The zero-order valence-corrected chi connectivity index (χ0v) is 12.3. The van der Waals surface area contributed by atoms with Gasteiger partial charge in [-0.15, -0.1) is 0 Å². The molecular weight excluding hydrogens is 334 g/mol. The van der Waals surface area contributed by atoms with Crippen molar-refractivity contribution in [3.8, 4) is 0 Å². The van der Waals surface area contributed by atoms with Gasteiger partial charge in [0.25, 0.3) is 0 Å². The number of anilines is 1. The standard InChI is InChI=1S/C13H15BrF2N2O2/c14-8-5-10(16)11(6-9(8)15)18-12(19)13(7-17)1-3-20-4-2-13/h5-6H,1-4,7,17H2,(H,18,19). The lowest BCUT2D eigenvalue weighted by Crippen LogP contribution is -2.46. The highest BCUT2D eigenvalue weighted by atomic mass is 79.9. The topological polar surface area (TPSA) is 64.4 Å². The van der Waals surface area contributed by atoms with Crippen LogP contribution in [0.1, 0.15) is 12.8 Å². The molecule has 0 saturated carbocycles. The Kier molecular flexibility index (Phi) is 4.72. The molecule has 1 aromatic carbocycles. The van der Waals surface area contributed by atoms with Crippen LogP contribution >= 0.6 is 15.9 Å². The van der Waals surface area contributed by atoms with E-state index in [0.717, 1.165) is 12.1 Å². The van der Waals surface area contributed by atoms with E-state index >= 15 is 0 Å². The fraction of sp³-hybridized carbons (Fsp3) is 0.462. The Morgan fingerprint density at radius 3 is 2.60 bits per heavy atom. The van der Waals surface area contributed by atoms with Crippen molar-refractivity contribution in [2.75, 3.05) is 25.1 Å². The lowest BCUT2D eigenvalue weighted by Gasteiger charge is -2.34. The maximum Gasteiger partial charge on any atom is 0.232 e. The van der Waals surface area contributed by atoms with Crippen molar-refractivity contribution in [2.24, 2.45) is 11.1 Å². The van der Waals surface area contributed by atoms with Gasteiger partial charge in [-0.2, -0.15) is 0 Å². The SMILES string of the molecule is NCC1(C(=O)Nc2cc(F)c(Br)cc2F)CCOCC1.